The van der Waals surface area contributed by atoms with Gasteiger partial charge in [0.15, 0.2) is 0 Å². The van der Waals surface area contributed by atoms with E-state index in [0.717, 1.165) is 17.7 Å². The Balaban J connectivity index is 1.34. The first kappa shape index (κ1) is 19.9. The van der Waals surface area contributed by atoms with E-state index < -0.39 is 0 Å². The van der Waals surface area contributed by atoms with Crippen LogP contribution in [0.2, 0.25) is 0 Å². The topological polar surface area (TPSA) is 35.5 Å². The number of ether oxygens (including phenoxy) is 2. The van der Waals surface area contributed by atoms with Crippen LogP contribution in [-0.2, 0) is 16.0 Å². The van der Waals surface area contributed by atoms with Crippen LogP contribution in [-0.4, -0.2) is 13.1 Å². The Morgan fingerprint density at radius 3 is 2.39 bits per heavy atom. The molecule has 1 saturated carbocycles. The second-order valence-corrected chi connectivity index (χ2v) is 8.77. The molecular formula is C28H28O3. The first-order valence-electron chi connectivity index (χ1n) is 11.3. The molecule has 2 aliphatic rings. The Kier molecular flexibility index (Phi) is 5.75. The van der Waals surface area contributed by atoms with Crippen molar-refractivity contribution in [2.75, 3.05) is 6.61 Å². The molecule has 0 aromatic heterocycles. The molecule has 3 aromatic carbocycles. The summed E-state index contributed by atoms with van der Waals surface area (Å²) in [5.74, 6) is 1.62. The molecule has 0 saturated heterocycles. The van der Waals surface area contributed by atoms with Crippen LogP contribution in [0, 0.1) is 5.92 Å². The minimum Gasteiger partial charge on any atom is -0.493 e. The summed E-state index contributed by atoms with van der Waals surface area (Å²) in [7, 11) is 0. The lowest BCUT2D eigenvalue weighted by Gasteiger charge is -2.33. The van der Waals surface area contributed by atoms with Crippen LogP contribution >= 0.6 is 0 Å². The van der Waals surface area contributed by atoms with Crippen LogP contribution in [0.1, 0.15) is 54.4 Å². The predicted octanol–water partition coefficient (Wildman–Crippen LogP) is 6.48. The number of fused-ring (bicyclic) bond motifs is 1. The number of carbonyl (C=O) groups excluding carboxylic acids is 1. The third-order valence-corrected chi connectivity index (χ3v) is 6.81. The van der Waals surface area contributed by atoms with Crippen molar-refractivity contribution in [3.8, 4) is 16.9 Å². The van der Waals surface area contributed by atoms with Gasteiger partial charge in [0.25, 0.3) is 6.47 Å². The summed E-state index contributed by atoms with van der Waals surface area (Å²) in [6.45, 7) is 1.14. The number of hydrogen-bond acceptors (Lipinski definition) is 3. The van der Waals surface area contributed by atoms with Crippen molar-refractivity contribution in [2.24, 2.45) is 5.92 Å². The van der Waals surface area contributed by atoms with Crippen LogP contribution in [0.4, 0.5) is 0 Å². The smallest absolute Gasteiger partial charge is 0.293 e. The molecule has 2 atom stereocenters. The van der Waals surface area contributed by atoms with E-state index in [1.807, 2.05) is 6.07 Å². The number of carbonyl (C=O) groups is 1. The van der Waals surface area contributed by atoms with Gasteiger partial charge in [0.2, 0.25) is 0 Å². The fraction of sp³-hybridized carbons (Fsp3) is 0.321. The lowest BCUT2D eigenvalue weighted by molar-refractivity contribution is -0.138. The van der Waals surface area contributed by atoms with Gasteiger partial charge in [-0.15, -0.1) is 0 Å². The van der Waals surface area contributed by atoms with Crippen molar-refractivity contribution >= 4 is 6.47 Å². The van der Waals surface area contributed by atoms with Crippen molar-refractivity contribution in [1.29, 1.82) is 0 Å². The van der Waals surface area contributed by atoms with Crippen LogP contribution in [0.25, 0.3) is 11.1 Å². The van der Waals surface area contributed by atoms with E-state index in [1.54, 1.807) is 0 Å². The van der Waals surface area contributed by atoms with Crippen LogP contribution in [0.5, 0.6) is 5.75 Å². The van der Waals surface area contributed by atoms with Gasteiger partial charge in [-0.05, 0) is 53.5 Å². The molecule has 0 unspecified atom stereocenters. The predicted molar refractivity (Wildman–Crippen MR) is 122 cm³/mol. The van der Waals surface area contributed by atoms with Gasteiger partial charge in [-0.25, -0.2) is 0 Å². The van der Waals surface area contributed by atoms with Crippen LogP contribution in [0.15, 0.2) is 72.8 Å². The molecule has 0 N–H and O–H groups in total. The molecule has 1 heterocycles. The zero-order chi connectivity index (χ0) is 21.0. The maximum atomic E-state index is 11.3. The van der Waals surface area contributed by atoms with Crippen molar-refractivity contribution < 1.29 is 14.3 Å². The van der Waals surface area contributed by atoms with Crippen molar-refractivity contribution in [2.45, 2.75) is 44.1 Å². The van der Waals surface area contributed by atoms with Gasteiger partial charge in [-0.2, -0.15) is 0 Å². The molecule has 3 aromatic rings. The lowest BCUT2D eigenvalue weighted by atomic mass is 9.86. The van der Waals surface area contributed by atoms with Crippen LogP contribution < -0.4 is 4.74 Å². The minimum atomic E-state index is -0.271. The van der Waals surface area contributed by atoms with E-state index in [2.05, 4.69) is 66.7 Å². The fourth-order valence-electron chi connectivity index (χ4n) is 5.14. The molecule has 0 radical (unpaired) electrons. The molecule has 3 heteroatoms. The third-order valence-electron chi connectivity index (χ3n) is 6.81. The quantitative estimate of drug-likeness (QED) is 0.435. The normalized spacial score (nSPS) is 20.6. The maximum absolute atomic E-state index is 11.3. The van der Waals surface area contributed by atoms with E-state index in [0.29, 0.717) is 19.0 Å². The zero-order valence-electron chi connectivity index (χ0n) is 17.7. The van der Waals surface area contributed by atoms with Crippen molar-refractivity contribution in [3.63, 3.8) is 0 Å². The van der Waals surface area contributed by atoms with Crippen molar-refractivity contribution in [1.82, 2.24) is 0 Å². The summed E-state index contributed by atoms with van der Waals surface area (Å²) < 4.78 is 11.8. The average molecular weight is 413 g/mol. The standard InChI is InChI=1S/C28H28O3/c29-19-31-28-25(16-20-10-12-23(13-11-20)21-6-2-1-3-7-21)18-30-27-17-24(14-15-26(27)28)22-8-4-5-9-22/h1-3,6-7,10-15,17,19,22,25,28H,4-5,8-9,16,18H2/t25-,28+/m0/s1. The summed E-state index contributed by atoms with van der Waals surface area (Å²) in [6, 6.07) is 25.5. The Morgan fingerprint density at radius 1 is 0.903 bits per heavy atom. The summed E-state index contributed by atoms with van der Waals surface area (Å²) >= 11 is 0. The number of hydrogen-bond donors (Lipinski definition) is 0. The minimum absolute atomic E-state index is 0.0950. The van der Waals surface area contributed by atoms with Gasteiger partial charge in [-0.3, -0.25) is 4.79 Å². The van der Waals surface area contributed by atoms with Gasteiger partial charge < -0.3 is 9.47 Å². The van der Waals surface area contributed by atoms with Gasteiger partial charge in [0, 0.05) is 11.5 Å². The molecule has 0 spiro atoms. The first-order chi connectivity index (χ1) is 15.3. The molecule has 158 valence electrons. The highest BCUT2D eigenvalue weighted by molar-refractivity contribution is 5.63. The highest BCUT2D eigenvalue weighted by Crippen LogP contribution is 2.42. The van der Waals surface area contributed by atoms with E-state index in [4.69, 9.17) is 9.47 Å². The Morgan fingerprint density at radius 2 is 1.65 bits per heavy atom. The Labute approximate surface area is 184 Å². The van der Waals surface area contributed by atoms with E-state index in [-0.39, 0.29) is 12.0 Å². The SMILES string of the molecule is O=CO[C@H]1c2ccc(C3CCCC3)cc2OC[C@@H]1Cc1ccc(-c2ccccc2)cc1. The number of rotatable bonds is 6. The largest absolute Gasteiger partial charge is 0.493 e. The molecule has 5 rings (SSSR count). The van der Waals surface area contributed by atoms with E-state index >= 15 is 0 Å². The average Bonchev–Trinajstić information content (AvgIpc) is 3.36. The van der Waals surface area contributed by atoms with Gasteiger partial charge in [0.1, 0.15) is 11.9 Å². The summed E-state index contributed by atoms with van der Waals surface area (Å²) in [6.07, 6.45) is 5.67. The van der Waals surface area contributed by atoms with Gasteiger partial charge in [0.05, 0.1) is 6.61 Å². The van der Waals surface area contributed by atoms with E-state index in [1.165, 1.54) is 47.9 Å². The van der Waals surface area contributed by atoms with Crippen molar-refractivity contribution in [3.05, 3.63) is 89.5 Å². The van der Waals surface area contributed by atoms with Gasteiger partial charge in [-0.1, -0.05) is 79.6 Å². The fourth-order valence-corrected chi connectivity index (χ4v) is 5.14. The lowest BCUT2D eigenvalue weighted by Crippen LogP contribution is -2.29. The maximum Gasteiger partial charge on any atom is 0.293 e. The van der Waals surface area contributed by atoms with E-state index in [9.17, 15) is 4.79 Å². The highest BCUT2D eigenvalue weighted by Gasteiger charge is 2.33. The molecule has 1 fully saturated rings. The number of benzene rings is 3. The third kappa shape index (κ3) is 4.23. The monoisotopic (exact) mass is 412 g/mol. The highest BCUT2D eigenvalue weighted by atomic mass is 16.5. The van der Waals surface area contributed by atoms with Gasteiger partial charge >= 0.3 is 0 Å². The molecular weight excluding hydrogens is 384 g/mol. The second kappa shape index (κ2) is 8.97. The summed E-state index contributed by atoms with van der Waals surface area (Å²) in [5.41, 5.74) is 5.99. The molecule has 1 aliphatic carbocycles. The summed E-state index contributed by atoms with van der Waals surface area (Å²) in [4.78, 5) is 11.3. The second-order valence-electron chi connectivity index (χ2n) is 8.77. The summed E-state index contributed by atoms with van der Waals surface area (Å²) in [5, 5.41) is 0. The first-order valence-corrected chi connectivity index (χ1v) is 11.3. The molecule has 0 bridgehead atoms. The zero-order valence-corrected chi connectivity index (χ0v) is 17.7. The Hall–Kier alpha value is -3.07. The molecule has 1 aliphatic heterocycles. The Bertz CT molecular complexity index is 1020. The molecule has 3 nitrogen and oxygen atoms in total. The molecule has 0 amide bonds. The molecule has 31 heavy (non-hydrogen) atoms. The van der Waals surface area contributed by atoms with Crippen LogP contribution in [0.3, 0.4) is 0 Å².